The van der Waals surface area contributed by atoms with Crippen molar-refractivity contribution in [3.63, 3.8) is 0 Å². The van der Waals surface area contributed by atoms with Crippen LogP contribution >= 0.6 is 0 Å². The Morgan fingerprint density at radius 1 is 1.06 bits per heavy atom. The maximum absolute atomic E-state index is 5.77. The van der Waals surface area contributed by atoms with Crippen LogP contribution in [0.5, 0.6) is 0 Å². The van der Waals surface area contributed by atoms with Gasteiger partial charge in [0.05, 0.1) is 5.52 Å². The van der Waals surface area contributed by atoms with Crippen molar-refractivity contribution in [1.82, 2.24) is 19.9 Å². The number of hydrogen-bond donors (Lipinski definition) is 2. The number of nitrogen functional groups attached to an aromatic ring is 2. The third kappa shape index (κ3) is 1.38. The van der Waals surface area contributed by atoms with Crippen LogP contribution in [-0.2, 0) is 0 Å². The van der Waals surface area contributed by atoms with Crippen LogP contribution < -0.4 is 11.6 Å². The van der Waals surface area contributed by atoms with E-state index in [9.17, 15) is 0 Å². The van der Waals surface area contributed by atoms with Crippen molar-refractivity contribution in [3.05, 3.63) is 36.5 Å². The molecule has 0 aliphatic rings. The molecule has 6 nitrogen and oxygen atoms in total. The molecule has 3 aromatic rings. The number of benzene rings is 1. The predicted molar refractivity (Wildman–Crippen MR) is 65.3 cm³/mol. The number of rotatable bonds is 1. The number of fused-ring (bicyclic) bond motifs is 1. The molecule has 0 amide bonds. The highest BCUT2D eigenvalue weighted by atomic mass is 15.4. The third-order valence-corrected chi connectivity index (χ3v) is 2.61. The van der Waals surface area contributed by atoms with Crippen LogP contribution in [0.1, 0.15) is 0 Å². The molecule has 0 aliphatic heterocycles. The Bertz CT molecular complexity index is 682. The fraction of sp³-hybridized carbons (Fsp3) is 0. The molecule has 0 spiro atoms. The Balaban J connectivity index is 2.34. The first-order chi connectivity index (χ1) is 8.27. The first kappa shape index (κ1) is 9.59. The second-order valence-electron chi connectivity index (χ2n) is 3.63. The summed E-state index contributed by atoms with van der Waals surface area (Å²) >= 11 is 0. The lowest BCUT2D eigenvalue weighted by molar-refractivity contribution is 1.02. The van der Waals surface area contributed by atoms with Gasteiger partial charge in [-0.15, -0.1) is 10.2 Å². The van der Waals surface area contributed by atoms with Crippen LogP contribution in [0.3, 0.4) is 0 Å². The molecular formula is C11H10N6. The first-order valence-corrected chi connectivity index (χ1v) is 5.07. The smallest absolute Gasteiger partial charge is 0.241 e. The Morgan fingerprint density at radius 3 is 2.71 bits per heavy atom. The largest absolute Gasteiger partial charge is 0.366 e. The standard InChI is InChI=1S/C11H10N6/c12-11-16-15-10(17(11)13)8-3-1-5-9-7(8)4-2-6-14-9/h1-6H,13H2,(H2,12,16). The summed E-state index contributed by atoms with van der Waals surface area (Å²) in [4.78, 5) is 4.27. The summed E-state index contributed by atoms with van der Waals surface area (Å²) in [5, 5.41) is 8.68. The van der Waals surface area contributed by atoms with Gasteiger partial charge in [-0.2, -0.15) is 0 Å². The fourth-order valence-corrected chi connectivity index (χ4v) is 1.79. The van der Waals surface area contributed by atoms with Gasteiger partial charge in [0, 0.05) is 17.1 Å². The van der Waals surface area contributed by atoms with E-state index in [0.29, 0.717) is 5.82 Å². The van der Waals surface area contributed by atoms with Crippen molar-refractivity contribution >= 4 is 16.9 Å². The molecule has 3 rings (SSSR count). The molecule has 0 atom stereocenters. The minimum absolute atomic E-state index is 0.181. The van der Waals surface area contributed by atoms with Crippen molar-refractivity contribution in [3.8, 4) is 11.4 Å². The average molecular weight is 226 g/mol. The van der Waals surface area contributed by atoms with Gasteiger partial charge in [0.2, 0.25) is 5.95 Å². The van der Waals surface area contributed by atoms with Crippen molar-refractivity contribution in [2.75, 3.05) is 11.6 Å². The molecule has 0 saturated heterocycles. The summed E-state index contributed by atoms with van der Waals surface area (Å²) in [5.74, 6) is 6.48. The predicted octanol–water partition coefficient (Wildman–Crippen LogP) is 0.789. The van der Waals surface area contributed by atoms with Gasteiger partial charge in [-0.05, 0) is 12.1 Å². The highest BCUT2D eigenvalue weighted by Crippen LogP contribution is 2.25. The van der Waals surface area contributed by atoms with E-state index < -0.39 is 0 Å². The van der Waals surface area contributed by atoms with Crippen LogP contribution in [0.25, 0.3) is 22.3 Å². The summed E-state index contributed by atoms with van der Waals surface area (Å²) in [6, 6.07) is 9.57. The lowest BCUT2D eigenvalue weighted by atomic mass is 10.1. The molecule has 1 aromatic carbocycles. The van der Waals surface area contributed by atoms with Gasteiger partial charge in [0.15, 0.2) is 5.82 Å². The SMILES string of the molecule is Nc1nnc(-c2cccc3ncccc23)n1N. The molecular weight excluding hydrogens is 216 g/mol. The quantitative estimate of drug-likeness (QED) is 0.598. The molecule has 0 bridgehead atoms. The minimum Gasteiger partial charge on any atom is -0.366 e. The zero-order valence-electron chi connectivity index (χ0n) is 8.91. The third-order valence-electron chi connectivity index (χ3n) is 2.61. The van der Waals surface area contributed by atoms with E-state index >= 15 is 0 Å². The Kier molecular flexibility index (Phi) is 1.94. The molecule has 0 saturated carbocycles. The molecule has 2 heterocycles. The van der Waals surface area contributed by atoms with Crippen molar-refractivity contribution < 1.29 is 0 Å². The molecule has 6 heteroatoms. The van der Waals surface area contributed by atoms with Crippen molar-refractivity contribution in [1.29, 1.82) is 0 Å². The zero-order chi connectivity index (χ0) is 11.8. The molecule has 4 N–H and O–H groups in total. The normalized spacial score (nSPS) is 10.8. The summed E-state index contributed by atoms with van der Waals surface area (Å²) in [5.41, 5.74) is 7.32. The average Bonchev–Trinajstić information content (AvgIpc) is 2.69. The van der Waals surface area contributed by atoms with Gasteiger partial charge in [-0.3, -0.25) is 4.98 Å². The molecule has 0 fully saturated rings. The Morgan fingerprint density at radius 2 is 1.94 bits per heavy atom. The Labute approximate surface area is 96.9 Å². The van der Waals surface area contributed by atoms with E-state index in [4.69, 9.17) is 11.6 Å². The fourth-order valence-electron chi connectivity index (χ4n) is 1.79. The monoisotopic (exact) mass is 226 g/mol. The van der Waals surface area contributed by atoms with E-state index in [1.54, 1.807) is 6.20 Å². The minimum atomic E-state index is 0.181. The maximum Gasteiger partial charge on any atom is 0.241 e. The summed E-state index contributed by atoms with van der Waals surface area (Å²) in [6.07, 6.45) is 1.74. The lowest BCUT2D eigenvalue weighted by Gasteiger charge is -2.04. The van der Waals surface area contributed by atoms with Crippen LogP contribution in [0.15, 0.2) is 36.5 Å². The molecule has 0 radical (unpaired) electrons. The topological polar surface area (TPSA) is 95.6 Å². The van der Waals surface area contributed by atoms with Crippen LogP contribution in [0.2, 0.25) is 0 Å². The van der Waals surface area contributed by atoms with Gasteiger partial charge in [0.1, 0.15) is 0 Å². The number of aromatic nitrogens is 4. The van der Waals surface area contributed by atoms with Gasteiger partial charge < -0.3 is 11.6 Å². The van der Waals surface area contributed by atoms with Crippen LogP contribution in [0.4, 0.5) is 5.95 Å². The second-order valence-corrected chi connectivity index (χ2v) is 3.63. The van der Waals surface area contributed by atoms with Gasteiger partial charge in [-0.25, -0.2) is 4.68 Å². The molecule has 17 heavy (non-hydrogen) atoms. The summed E-state index contributed by atoms with van der Waals surface area (Å²) in [7, 11) is 0. The highest BCUT2D eigenvalue weighted by molar-refractivity contribution is 5.92. The number of pyridine rings is 1. The van der Waals surface area contributed by atoms with E-state index in [2.05, 4.69) is 15.2 Å². The zero-order valence-corrected chi connectivity index (χ0v) is 8.91. The lowest BCUT2D eigenvalue weighted by Crippen LogP contribution is -2.13. The molecule has 84 valence electrons. The van der Waals surface area contributed by atoms with Gasteiger partial charge >= 0.3 is 0 Å². The first-order valence-electron chi connectivity index (χ1n) is 5.07. The Hall–Kier alpha value is -2.63. The van der Waals surface area contributed by atoms with E-state index in [1.807, 2.05) is 30.3 Å². The van der Waals surface area contributed by atoms with Gasteiger partial charge in [-0.1, -0.05) is 18.2 Å². The maximum atomic E-state index is 5.77. The van der Waals surface area contributed by atoms with E-state index in [-0.39, 0.29) is 5.95 Å². The summed E-state index contributed by atoms with van der Waals surface area (Å²) in [6.45, 7) is 0. The second kappa shape index (κ2) is 3.44. The summed E-state index contributed by atoms with van der Waals surface area (Å²) < 4.78 is 1.27. The van der Waals surface area contributed by atoms with Crippen molar-refractivity contribution in [2.45, 2.75) is 0 Å². The van der Waals surface area contributed by atoms with Crippen molar-refractivity contribution in [2.24, 2.45) is 0 Å². The highest BCUT2D eigenvalue weighted by Gasteiger charge is 2.12. The van der Waals surface area contributed by atoms with Crippen LogP contribution in [0, 0.1) is 0 Å². The number of nitrogens with zero attached hydrogens (tertiary/aromatic N) is 4. The number of nitrogens with two attached hydrogens (primary N) is 2. The molecule has 0 unspecified atom stereocenters. The number of anilines is 1. The van der Waals surface area contributed by atoms with E-state index in [1.165, 1.54) is 4.68 Å². The van der Waals surface area contributed by atoms with E-state index in [0.717, 1.165) is 16.5 Å². The molecule has 2 aromatic heterocycles. The van der Waals surface area contributed by atoms with Gasteiger partial charge in [0.25, 0.3) is 0 Å². The number of hydrogen-bond acceptors (Lipinski definition) is 5. The molecule has 0 aliphatic carbocycles. The van der Waals surface area contributed by atoms with Crippen LogP contribution in [-0.4, -0.2) is 19.9 Å².